The second-order valence-electron chi connectivity index (χ2n) is 9.60. The Labute approximate surface area is 181 Å². The van der Waals surface area contributed by atoms with E-state index in [4.69, 9.17) is 9.47 Å². The molecular formula is C23H30FNO6. The summed E-state index contributed by atoms with van der Waals surface area (Å²) in [5.74, 6) is -5.51. The van der Waals surface area contributed by atoms with E-state index in [2.05, 4.69) is 5.32 Å². The molecule has 1 unspecified atom stereocenters. The highest BCUT2D eigenvalue weighted by atomic mass is 19.1. The number of nitrogens with one attached hydrogen (secondary N) is 1. The molecule has 0 aliphatic heterocycles. The van der Waals surface area contributed by atoms with Crippen LogP contribution >= 0.6 is 0 Å². The molecule has 8 heteroatoms. The predicted octanol–water partition coefficient (Wildman–Crippen LogP) is 2.98. The van der Waals surface area contributed by atoms with Crippen molar-refractivity contribution in [3.63, 3.8) is 0 Å². The van der Waals surface area contributed by atoms with Gasteiger partial charge in [0.1, 0.15) is 12.1 Å². The molecular weight excluding hydrogens is 405 g/mol. The lowest BCUT2D eigenvalue weighted by atomic mass is 9.66. The molecule has 1 atom stereocenters. The number of carbonyl (C=O) groups is 4. The average Bonchev–Trinajstić information content (AvgIpc) is 2.62. The largest absolute Gasteiger partial charge is 0.490 e. The van der Waals surface area contributed by atoms with Gasteiger partial charge in [-0.15, -0.1) is 0 Å². The van der Waals surface area contributed by atoms with E-state index in [9.17, 15) is 19.2 Å². The summed E-state index contributed by atoms with van der Waals surface area (Å²) in [6.45, 7) is 11.6. The Balaban J connectivity index is 2.31. The van der Waals surface area contributed by atoms with E-state index in [0.717, 1.165) is 0 Å². The first-order valence-corrected chi connectivity index (χ1v) is 10.2. The third-order valence-corrected chi connectivity index (χ3v) is 4.80. The van der Waals surface area contributed by atoms with Crippen molar-refractivity contribution in [3.05, 3.63) is 29.1 Å². The highest BCUT2D eigenvalue weighted by molar-refractivity contribution is 6.29. The van der Waals surface area contributed by atoms with Gasteiger partial charge >= 0.3 is 5.97 Å². The molecule has 1 N–H and O–H groups in total. The van der Waals surface area contributed by atoms with E-state index in [1.54, 1.807) is 20.8 Å². The first kappa shape index (κ1) is 24.5. The number of carbonyl (C=O) groups excluding carboxylic acids is 4. The number of esters is 1. The molecule has 0 bridgehead atoms. The maximum absolute atomic E-state index is 15.2. The molecule has 2 rings (SSSR count). The quantitative estimate of drug-likeness (QED) is 0.545. The minimum absolute atomic E-state index is 0.0450. The van der Waals surface area contributed by atoms with Crippen LogP contribution in [0.4, 0.5) is 4.39 Å². The SMILES string of the molecule is CC(C)COc1ccc2c(c1F)C(C)(C)C(=O)C(C(=O)NCC(=O)OC(C)(C)C)C2=O. The predicted molar refractivity (Wildman–Crippen MR) is 111 cm³/mol. The molecule has 1 aliphatic rings. The first-order chi connectivity index (χ1) is 14.2. The fraction of sp³-hybridized carbons (Fsp3) is 0.565. The number of ether oxygens (including phenoxy) is 2. The van der Waals surface area contributed by atoms with E-state index in [1.807, 2.05) is 13.8 Å². The van der Waals surface area contributed by atoms with Gasteiger partial charge in [-0.05, 0) is 52.7 Å². The summed E-state index contributed by atoms with van der Waals surface area (Å²) in [5.41, 5.74) is -2.32. The molecule has 31 heavy (non-hydrogen) atoms. The van der Waals surface area contributed by atoms with Crippen LogP contribution in [0.25, 0.3) is 0 Å². The molecule has 0 saturated heterocycles. The Morgan fingerprint density at radius 1 is 1.19 bits per heavy atom. The Bertz CT molecular complexity index is 913. The van der Waals surface area contributed by atoms with Crippen molar-refractivity contribution in [3.8, 4) is 5.75 Å². The number of Topliss-reactive ketones (excluding diaryl/α,β-unsaturated/α-hetero) is 2. The number of halogens is 1. The van der Waals surface area contributed by atoms with Crippen molar-refractivity contribution < 1.29 is 33.0 Å². The molecule has 1 amide bonds. The van der Waals surface area contributed by atoms with Crippen LogP contribution in [0.15, 0.2) is 12.1 Å². The number of rotatable bonds is 6. The topological polar surface area (TPSA) is 98.8 Å². The standard InChI is InChI=1S/C23H30FNO6/c1-12(2)11-30-14-9-8-13-17(18(14)24)23(6,7)20(28)16(19(13)27)21(29)25-10-15(26)31-22(3,4)5/h8-9,12,16H,10-11H2,1-7H3,(H,25,29). The van der Waals surface area contributed by atoms with Crippen molar-refractivity contribution in [2.24, 2.45) is 11.8 Å². The van der Waals surface area contributed by atoms with Crippen LogP contribution in [-0.2, 0) is 24.5 Å². The summed E-state index contributed by atoms with van der Waals surface area (Å²) in [6.07, 6.45) is 0. The lowest BCUT2D eigenvalue weighted by Crippen LogP contribution is -2.52. The molecule has 0 radical (unpaired) electrons. The lowest BCUT2D eigenvalue weighted by molar-refractivity contribution is -0.155. The van der Waals surface area contributed by atoms with Crippen LogP contribution in [0.3, 0.4) is 0 Å². The van der Waals surface area contributed by atoms with Crippen molar-refractivity contribution in [1.82, 2.24) is 5.32 Å². The van der Waals surface area contributed by atoms with Gasteiger partial charge in [0, 0.05) is 11.1 Å². The molecule has 0 heterocycles. The van der Waals surface area contributed by atoms with Gasteiger partial charge in [-0.3, -0.25) is 19.2 Å². The van der Waals surface area contributed by atoms with Crippen LogP contribution in [-0.4, -0.2) is 42.2 Å². The number of ketones is 2. The second kappa shape index (κ2) is 8.77. The molecule has 0 fully saturated rings. The van der Waals surface area contributed by atoms with Gasteiger partial charge in [0.2, 0.25) is 5.91 Å². The van der Waals surface area contributed by atoms with Gasteiger partial charge in [0.15, 0.2) is 29.1 Å². The van der Waals surface area contributed by atoms with Crippen molar-refractivity contribution in [1.29, 1.82) is 0 Å². The number of hydrogen-bond acceptors (Lipinski definition) is 6. The van der Waals surface area contributed by atoms with E-state index in [1.165, 1.54) is 26.0 Å². The van der Waals surface area contributed by atoms with Gasteiger partial charge in [0.25, 0.3) is 0 Å². The molecule has 0 aromatic heterocycles. The Kier molecular flexibility index (Phi) is 6.93. The van der Waals surface area contributed by atoms with E-state index >= 15 is 4.39 Å². The van der Waals surface area contributed by atoms with Crippen LogP contribution in [0.2, 0.25) is 0 Å². The number of amides is 1. The smallest absolute Gasteiger partial charge is 0.325 e. The van der Waals surface area contributed by atoms with Gasteiger partial charge in [0.05, 0.1) is 12.0 Å². The van der Waals surface area contributed by atoms with Crippen molar-refractivity contribution in [2.45, 2.75) is 59.5 Å². The summed E-state index contributed by atoms with van der Waals surface area (Å²) in [6, 6.07) is 2.70. The van der Waals surface area contributed by atoms with Gasteiger partial charge in [-0.1, -0.05) is 13.8 Å². The highest BCUT2D eigenvalue weighted by Crippen LogP contribution is 2.41. The maximum Gasteiger partial charge on any atom is 0.325 e. The molecule has 170 valence electrons. The van der Waals surface area contributed by atoms with Crippen LogP contribution in [0.5, 0.6) is 5.75 Å². The van der Waals surface area contributed by atoms with Gasteiger partial charge in [-0.25, -0.2) is 4.39 Å². The third-order valence-electron chi connectivity index (χ3n) is 4.80. The normalized spacial score (nSPS) is 17.9. The van der Waals surface area contributed by atoms with Crippen molar-refractivity contribution in [2.75, 3.05) is 13.2 Å². The third kappa shape index (κ3) is 5.29. The van der Waals surface area contributed by atoms with Crippen LogP contribution in [0, 0.1) is 17.7 Å². The molecule has 1 aromatic carbocycles. The number of benzene rings is 1. The summed E-state index contributed by atoms with van der Waals surface area (Å²) >= 11 is 0. The van der Waals surface area contributed by atoms with Gasteiger partial charge in [-0.2, -0.15) is 0 Å². The summed E-state index contributed by atoms with van der Waals surface area (Å²) in [4.78, 5) is 50.5. The minimum Gasteiger partial charge on any atom is -0.490 e. The second-order valence-corrected chi connectivity index (χ2v) is 9.60. The molecule has 1 aliphatic carbocycles. The minimum atomic E-state index is -1.67. The maximum atomic E-state index is 15.2. The summed E-state index contributed by atoms with van der Waals surface area (Å²) in [7, 11) is 0. The van der Waals surface area contributed by atoms with Crippen LogP contribution in [0.1, 0.15) is 64.4 Å². The van der Waals surface area contributed by atoms with E-state index in [-0.39, 0.29) is 29.4 Å². The zero-order valence-electron chi connectivity index (χ0n) is 19.1. The zero-order valence-corrected chi connectivity index (χ0v) is 19.1. The fourth-order valence-electron chi connectivity index (χ4n) is 3.38. The highest BCUT2D eigenvalue weighted by Gasteiger charge is 2.51. The Morgan fingerprint density at radius 2 is 1.81 bits per heavy atom. The average molecular weight is 435 g/mol. The molecule has 0 saturated carbocycles. The van der Waals surface area contributed by atoms with E-state index in [0.29, 0.717) is 0 Å². The van der Waals surface area contributed by atoms with Crippen molar-refractivity contribution >= 4 is 23.4 Å². The van der Waals surface area contributed by atoms with Gasteiger partial charge < -0.3 is 14.8 Å². The number of hydrogen-bond donors (Lipinski definition) is 1. The Morgan fingerprint density at radius 3 is 2.35 bits per heavy atom. The lowest BCUT2D eigenvalue weighted by Gasteiger charge is -2.35. The molecule has 1 aromatic rings. The number of fused-ring (bicyclic) bond motifs is 1. The van der Waals surface area contributed by atoms with Crippen LogP contribution < -0.4 is 10.1 Å². The molecule has 0 spiro atoms. The zero-order chi connectivity index (χ0) is 23.7. The summed E-state index contributed by atoms with van der Waals surface area (Å²) in [5, 5.41) is 2.29. The monoisotopic (exact) mass is 435 g/mol. The van der Waals surface area contributed by atoms with E-state index < -0.39 is 52.7 Å². The Hall–Kier alpha value is -2.77. The molecule has 7 nitrogen and oxygen atoms in total. The first-order valence-electron chi connectivity index (χ1n) is 10.2. The fourth-order valence-corrected chi connectivity index (χ4v) is 3.38. The summed E-state index contributed by atoms with van der Waals surface area (Å²) < 4.78 is 25.8.